The van der Waals surface area contributed by atoms with Crippen LogP contribution < -0.4 is 0 Å². The second-order valence-electron chi connectivity index (χ2n) is 7.90. The summed E-state index contributed by atoms with van der Waals surface area (Å²) in [4.78, 5) is 23.0. The van der Waals surface area contributed by atoms with E-state index < -0.39 is 23.6 Å². The number of benzene rings is 3. The van der Waals surface area contributed by atoms with Gasteiger partial charge < -0.3 is 9.47 Å². The Bertz CT molecular complexity index is 1140. The first-order valence-electron chi connectivity index (χ1n) is 10.5. The fourth-order valence-electron chi connectivity index (χ4n) is 3.10. The van der Waals surface area contributed by atoms with E-state index in [1.54, 1.807) is 62.4 Å². The fourth-order valence-corrected chi connectivity index (χ4v) is 3.10. The lowest BCUT2D eigenvalue weighted by Crippen LogP contribution is -2.04. The highest BCUT2D eigenvalue weighted by Crippen LogP contribution is 2.32. The standard InChI is InChI=1S/C28H24F2O4/c1-17(2)27(31)33-15-19-5-9-21(10-6-19)23-13-14-24(26(30)25(23)29)22-11-7-20(8-12-22)16-34-28(32)18(3)4/h5-14H,1,3,15-16H2,2,4H3. The predicted octanol–water partition coefficient (Wildman–Crippen LogP) is 6.54. The largest absolute Gasteiger partial charge is 0.457 e. The van der Waals surface area contributed by atoms with Gasteiger partial charge in [0.05, 0.1) is 0 Å². The van der Waals surface area contributed by atoms with Gasteiger partial charge in [0.1, 0.15) is 13.2 Å². The van der Waals surface area contributed by atoms with Crippen LogP contribution in [0.2, 0.25) is 0 Å². The molecule has 0 bridgehead atoms. The number of hydrogen-bond acceptors (Lipinski definition) is 4. The average molecular weight is 462 g/mol. The maximum absolute atomic E-state index is 14.9. The zero-order valence-electron chi connectivity index (χ0n) is 19.0. The van der Waals surface area contributed by atoms with Crippen LogP contribution >= 0.6 is 0 Å². The van der Waals surface area contributed by atoms with Crippen LogP contribution in [0.4, 0.5) is 8.78 Å². The van der Waals surface area contributed by atoms with E-state index >= 15 is 0 Å². The number of halogens is 2. The molecule has 0 amide bonds. The van der Waals surface area contributed by atoms with Gasteiger partial charge in [0.25, 0.3) is 0 Å². The molecular formula is C28H24F2O4. The summed E-state index contributed by atoms with van der Waals surface area (Å²) in [6, 6.07) is 16.4. The summed E-state index contributed by atoms with van der Waals surface area (Å²) in [5, 5.41) is 0. The molecule has 0 aliphatic rings. The minimum atomic E-state index is -0.960. The molecule has 0 aliphatic carbocycles. The van der Waals surface area contributed by atoms with Gasteiger partial charge in [-0.1, -0.05) is 73.8 Å². The van der Waals surface area contributed by atoms with Crippen LogP contribution in [0.25, 0.3) is 22.3 Å². The van der Waals surface area contributed by atoms with Crippen molar-refractivity contribution in [1.29, 1.82) is 0 Å². The molecular weight excluding hydrogens is 438 g/mol. The average Bonchev–Trinajstić information content (AvgIpc) is 2.83. The molecule has 0 unspecified atom stereocenters. The summed E-state index contributed by atoms with van der Waals surface area (Å²) in [6.07, 6.45) is 0. The van der Waals surface area contributed by atoms with Gasteiger partial charge in [0.2, 0.25) is 0 Å². The lowest BCUT2D eigenvalue weighted by atomic mass is 9.97. The molecule has 34 heavy (non-hydrogen) atoms. The smallest absolute Gasteiger partial charge is 0.333 e. The van der Waals surface area contributed by atoms with Gasteiger partial charge in [-0.2, -0.15) is 0 Å². The van der Waals surface area contributed by atoms with Crippen LogP contribution in [-0.4, -0.2) is 11.9 Å². The van der Waals surface area contributed by atoms with Crippen molar-refractivity contribution in [3.63, 3.8) is 0 Å². The molecule has 0 saturated carbocycles. The molecule has 3 aromatic rings. The number of ether oxygens (including phenoxy) is 2. The topological polar surface area (TPSA) is 52.6 Å². The van der Waals surface area contributed by atoms with Crippen molar-refractivity contribution in [2.45, 2.75) is 27.1 Å². The van der Waals surface area contributed by atoms with E-state index in [2.05, 4.69) is 13.2 Å². The van der Waals surface area contributed by atoms with Crippen LogP contribution in [0.3, 0.4) is 0 Å². The molecule has 174 valence electrons. The minimum Gasteiger partial charge on any atom is -0.457 e. The Morgan fingerprint density at radius 3 is 1.26 bits per heavy atom. The molecule has 0 aromatic heterocycles. The third kappa shape index (κ3) is 5.84. The van der Waals surface area contributed by atoms with E-state index in [1.807, 2.05) is 0 Å². The number of esters is 2. The quantitative estimate of drug-likeness (QED) is 0.282. The highest BCUT2D eigenvalue weighted by molar-refractivity contribution is 5.87. The first-order chi connectivity index (χ1) is 16.2. The fraction of sp³-hybridized carbons (Fsp3) is 0.143. The number of carbonyl (C=O) groups excluding carboxylic acids is 2. The maximum Gasteiger partial charge on any atom is 0.333 e. The molecule has 0 radical (unpaired) electrons. The molecule has 0 N–H and O–H groups in total. The number of carbonyl (C=O) groups is 2. The molecule has 0 fully saturated rings. The maximum atomic E-state index is 14.9. The highest BCUT2D eigenvalue weighted by Gasteiger charge is 2.16. The molecule has 6 heteroatoms. The Kier molecular flexibility index (Phi) is 7.74. The van der Waals surface area contributed by atoms with Gasteiger partial charge in [-0.25, -0.2) is 18.4 Å². The van der Waals surface area contributed by atoms with Crippen LogP contribution in [0.1, 0.15) is 25.0 Å². The summed E-state index contributed by atoms with van der Waals surface area (Å²) in [5.74, 6) is -2.90. The van der Waals surface area contributed by atoms with Crippen LogP contribution in [-0.2, 0) is 32.3 Å². The van der Waals surface area contributed by atoms with Crippen LogP contribution in [0.15, 0.2) is 85.0 Å². The van der Waals surface area contributed by atoms with Gasteiger partial charge in [-0.3, -0.25) is 0 Å². The van der Waals surface area contributed by atoms with Crippen molar-refractivity contribution in [2.24, 2.45) is 0 Å². The minimum absolute atomic E-state index is 0.0597. The van der Waals surface area contributed by atoms with Crippen molar-refractivity contribution in [1.82, 2.24) is 0 Å². The van der Waals surface area contributed by atoms with E-state index in [0.717, 1.165) is 0 Å². The van der Waals surface area contributed by atoms with Gasteiger partial charge in [-0.05, 0) is 36.1 Å². The van der Waals surface area contributed by atoms with E-state index in [-0.39, 0.29) is 24.3 Å². The van der Waals surface area contributed by atoms with Gasteiger partial charge >= 0.3 is 11.9 Å². The SMILES string of the molecule is C=C(C)C(=O)OCc1ccc(-c2ccc(-c3ccc(COC(=O)C(=C)C)cc3)c(F)c2F)cc1. The molecule has 0 heterocycles. The van der Waals surface area contributed by atoms with Crippen LogP contribution in [0.5, 0.6) is 0 Å². The Morgan fingerprint density at radius 2 is 0.971 bits per heavy atom. The summed E-state index contributed by atoms with van der Waals surface area (Å²) < 4.78 is 40.0. The van der Waals surface area contributed by atoms with Crippen molar-refractivity contribution >= 4 is 11.9 Å². The van der Waals surface area contributed by atoms with Crippen LogP contribution in [0, 0.1) is 11.6 Å². The summed E-state index contributed by atoms with van der Waals surface area (Å²) in [5.41, 5.74) is 3.25. The third-order valence-electron chi connectivity index (χ3n) is 5.05. The monoisotopic (exact) mass is 462 g/mol. The molecule has 3 aromatic carbocycles. The first-order valence-corrected chi connectivity index (χ1v) is 10.5. The molecule has 0 spiro atoms. The van der Waals surface area contributed by atoms with Gasteiger partial charge in [0.15, 0.2) is 11.6 Å². The predicted molar refractivity (Wildman–Crippen MR) is 126 cm³/mol. The Balaban J connectivity index is 1.75. The molecule has 0 saturated heterocycles. The summed E-state index contributed by atoms with van der Waals surface area (Å²) in [6.45, 7) is 10.3. The van der Waals surface area contributed by atoms with E-state index in [1.165, 1.54) is 12.1 Å². The summed E-state index contributed by atoms with van der Waals surface area (Å²) in [7, 11) is 0. The van der Waals surface area contributed by atoms with Crippen molar-refractivity contribution < 1.29 is 27.8 Å². The van der Waals surface area contributed by atoms with E-state index in [0.29, 0.717) is 33.4 Å². The van der Waals surface area contributed by atoms with Crippen molar-refractivity contribution in [3.05, 3.63) is 108 Å². The highest BCUT2D eigenvalue weighted by atomic mass is 19.2. The summed E-state index contributed by atoms with van der Waals surface area (Å²) >= 11 is 0. The zero-order chi connectivity index (χ0) is 24.8. The molecule has 4 nitrogen and oxygen atoms in total. The zero-order valence-corrected chi connectivity index (χ0v) is 19.0. The van der Waals surface area contributed by atoms with Gasteiger partial charge in [0, 0.05) is 22.3 Å². The first kappa shape index (κ1) is 24.6. The molecule has 0 atom stereocenters. The second-order valence-corrected chi connectivity index (χ2v) is 7.90. The Hall–Kier alpha value is -4.06. The van der Waals surface area contributed by atoms with Crippen molar-refractivity contribution in [3.8, 4) is 22.3 Å². The molecule has 0 aliphatic heterocycles. The lowest BCUT2D eigenvalue weighted by molar-refractivity contribution is -0.141. The third-order valence-corrected chi connectivity index (χ3v) is 5.05. The lowest BCUT2D eigenvalue weighted by Gasteiger charge is -2.11. The Labute approximate surface area is 197 Å². The number of rotatable bonds is 8. The number of hydrogen-bond donors (Lipinski definition) is 0. The molecule has 3 rings (SSSR count). The Morgan fingerprint density at radius 1 is 0.647 bits per heavy atom. The normalized spacial score (nSPS) is 10.5. The van der Waals surface area contributed by atoms with E-state index in [4.69, 9.17) is 9.47 Å². The van der Waals surface area contributed by atoms with Crippen molar-refractivity contribution in [2.75, 3.05) is 0 Å². The van der Waals surface area contributed by atoms with E-state index in [9.17, 15) is 18.4 Å². The second kappa shape index (κ2) is 10.7. The van der Waals surface area contributed by atoms with Gasteiger partial charge in [-0.15, -0.1) is 0 Å².